The molecular formula is C34H44ClF2N6O5P. The lowest BCUT2D eigenvalue weighted by Crippen LogP contribution is -2.64. The summed E-state index contributed by atoms with van der Waals surface area (Å²) in [6, 6.07) is 8.49. The van der Waals surface area contributed by atoms with Crippen molar-refractivity contribution in [3.63, 3.8) is 0 Å². The van der Waals surface area contributed by atoms with E-state index in [1.54, 1.807) is 32.9 Å². The lowest BCUT2D eigenvalue weighted by Gasteiger charge is -2.43. The summed E-state index contributed by atoms with van der Waals surface area (Å²) < 4.78 is 27.2. The standard InChI is InChI=1S/C34H44ClF2N6O5P/c1-33(2,3)28(41-32(48)39-24-13-9-22(10-14-24)34(36,37)49)31(47)43-16-15-42(18-21-7-11-23(35)12-8-21)26(19-43)30(46)40-25(27(44)29(38)45)17-20-5-4-6-20/h7-14,20,25-26,28H,4-6,15-19,49H2,1-3H3,(H2,38,45)(H,40,46)(H2,39,41,48)/t25?,26-,28-/m1/s1. The molecule has 1 aliphatic heterocycles. The number of benzene rings is 2. The highest BCUT2D eigenvalue weighted by Crippen LogP contribution is 2.35. The van der Waals surface area contributed by atoms with Gasteiger partial charge < -0.3 is 26.6 Å². The number of hydrogen-bond acceptors (Lipinski definition) is 6. The minimum atomic E-state index is -3.12. The zero-order chi connectivity index (χ0) is 36.1. The molecule has 4 atom stereocenters. The lowest BCUT2D eigenvalue weighted by molar-refractivity contribution is -0.143. The van der Waals surface area contributed by atoms with E-state index in [-0.39, 0.29) is 30.3 Å². The maximum atomic E-state index is 14.1. The van der Waals surface area contributed by atoms with Crippen LogP contribution in [0, 0.1) is 11.3 Å². The number of halogens is 3. The van der Waals surface area contributed by atoms with Crippen LogP contribution in [0.2, 0.25) is 5.02 Å². The SMILES string of the molecule is CC(C)(C)[C@H](NC(=O)Nc1ccc(C(F)(F)P)cc1)C(=O)N1CCN(Cc2ccc(Cl)cc2)[C@@H](C(=O)NC(CC2CCC2)C(=O)C(N)=O)C1. The molecule has 1 heterocycles. The third-order valence-corrected chi connectivity index (χ3v) is 9.58. The number of hydrogen-bond donors (Lipinski definition) is 4. The van der Waals surface area contributed by atoms with E-state index in [4.69, 9.17) is 17.3 Å². The second-order valence-electron chi connectivity index (χ2n) is 13.8. The molecular weight excluding hydrogens is 677 g/mol. The fraction of sp³-hybridized carbons (Fsp3) is 0.500. The Morgan fingerprint density at radius 3 is 2.14 bits per heavy atom. The second-order valence-corrected chi connectivity index (χ2v) is 15.0. The van der Waals surface area contributed by atoms with Gasteiger partial charge in [-0.05, 0) is 47.6 Å². The van der Waals surface area contributed by atoms with Crippen LogP contribution in [-0.2, 0) is 31.4 Å². The molecule has 2 aromatic rings. The Hall–Kier alpha value is -3.67. The molecule has 266 valence electrons. The molecule has 2 aromatic carbocycles. The van der Waals surface area contributed by atoms with Crippen molar-refractivity contribution in [3.05, 3.63) is 64.7 Å². The van der Waals surface area contributed by atoms with Gasteiger partial charge in [0.05, 0.1) is 6.04 Å². The van der Waals surface area contributed by atoms with Crippen molar-refractivity contribution in [2.24, 2.45) is 17.1 Å². The van der Waals surface area contributed by atoms with Gasteiger partial charge in [-0.25, -0.2) is 4.79 Å². The van der Waals surface area contributed by atoms with Gasteiger partial charge in [0.25, 0.3) is 11.6 Å². The van der Waals surface area contributed by atoms with Gasteiger partial charge in [0.15, 0.2) is 0 Å². The number of carbonyl (C=O) groups is 5. The zero-order valence-electron chi connectivity index (χ0n) is 27.8. The summed E-state index contributed by atoms with van der Waals surface area (Å²) in [4.78, 5) is 69.1. The second kappa shape index (κ2) is 15.9. The molecule has 0 bridgehead atoms. The van der Waals surface area contributed by atoms with E-state index in [1.165, 1.54) is 38.4 Å². The zero-order valence-corrected chi connectivity index (χ0v) is 29.7. The van der Waals surface area contributed by atoms with E-state index < -0.39 is 58.7 Å². The highest BCUT2D eigenvalue weighted by atomic mass is 35.5. The summed E-state index contributed by atoms with van der Waals surface area (Å²) in [5.41, 5.74) is 2.34. The van der Waals surface area contributed by atoms with Crippen molar-refractivity contribution in [1.29, 1.82) is 0 Å². The monoisotopic (exact) mass is 720 g/mol. The van der Waals surface area contributed by atoms with Crippen LogP contribution >= 0.6 is 20.8 Å². The minimum absolute atomic E-state index is 0.0558. The highest BCUT2D eigenvalue weighted by Gasteiger charge is 2.42. The number of piperazine rings is 1. The Morgan fingerprint density at radius 2 is 1.61 bits per heavy atom. The maximum Gasteiger partial charge on any atom is 0.319 e. The van der Waals surface area contributed by atoms with Crippen molar-refractivity contribution in [1.82, 2.24) is 20.4 Å². The van der Waals surface area contributed by atoms with E-state index in [2.05, 4.69) is 16.0 Å². The van der Waals surface area contributed by atoms with Crippen LogP contribution in [0.15, 0.2) is 48.5 Å². The first-order chi connectivity index (χ1) is 22.9. The van der Waals surface area contributed by atoms with Crippen molar-refractivity contribution in [2.45, 2.75) is 76.8 Å². The molecule has 1 aliphatic carbocycles. The molecule has 1 saturated heterocycles. The number of anilines is 1. The third-order valence-electron chi connectivity index (χ3n) is 8.99. The van der Waals surface area contributed by atoms with Crippen LogP contribution in [-0.4, -0.2) is 77.1 Å². The molecule has 2 unspecified atom stereocenters. The maximum absolute atomic E-state index is 14.1. The van der Waals surface area contributed by atoms with Gasteiger partial charge in [0.2, 0.25) is 17.6 Å². The summed E-state index contributed by atoms with van der Waals surface area (Å²) in [6.45, 7) is 6.17. The Bertz CT molecular complexity index is 1530. The van der Waals surface area contributed by atoms with Gasteiger partial charge in [0.1, 0.15) is 12.1 Å². The summed E-state index contributed by atoms with van der Waals surface area (Å²) >= 11 is 6.07. The fourth-order valence-corrected chi connectivity index (χ4v) is 6.24. The topological polar surface area (TPSA) is 154 Å². The molecule has 5 amide bonds. The Morgan fingerprint density at radius 1 is 0.980 bits per heavy atom. The Labute approximate surface area is 292 Å². The smallest absolute Gasteiger partial charge is 0.319 e. The summed E-state index contributed by atoms with van der Waals surface area (Å²) in [5, 5.41) is 8.64. The molecule has 49 heavy (non-hydrogen) atoms. The normalized spacial score (nSPS) is 18.5. The number of amides is 5. The number of nitrogens with zero attached hydrogens (tertiary/aromatic N) is 2. The number of carbonyl (C=O) groups excluding carboxylic acids is 5. The molecule has 0 aromatic heterocycles. The van der Waals surface area contributed by atoms with Gasteiger partial charge in [-0.3, -0.25) is 24.1 Å². The predicted octanol–water partition coefficient (Wildman–Crippen LogP) is 4.24. The van der Waals surface area contributed by atoms with E-state index in [0.717, 1.165) is 24.8 Å². The Kier molecular flexibility index (Phi) is 12.4. The third kappa shape index (κ3) is 10.4. The van der Waals surface area contributed by atoms with E-state index >= 15 is 0 Å². The minimum Gasteiger partial charge on any atom is -0.363 e. The number of rotatable bonds is 12. The van der Waals surface area contributed by atoms with Crippen molar-refractivity contribution in [2.75, 3.05) is 25.0 Å². The molecule has 0 spiro atoms. The number of Topliss-reactive ketones (excluding diaryl/α,β-unsaturated/α-hetero) is 1. The van der Waals surface area contributed by atoms with Crippen molar-refractivity contribution < 1.29 is 32.8 Å². The largest absolute Gasteiger partial charge is 0.363 e. The molecule has 11 nitrogen and oxygen atoms in total. The molecule has 1 saturated carbocycles. The first-order valence-electron chi connectivity index (χ1n) is 16.2. The number of nitrogens with one attached hydrogen (secondary N) is 3. The van der Waals surface area contributed by atoms with Gasteiger partial charge >= 0.3 is 6.03 Å². The van der Waals surface area contributed by atoms with Crippen LogP contribution in [0.3, 0.4) is 0 Å². The summed E-state index contributed by atoms with van der Waals surface area (Å²) in [5.74, 6) is -2.75. The van der Waals surface area contributed by atoms with Gasteiger partial charge in [-0.2, -0.15) is 8.78 Å². The molecule has 2 aliphatic rings. The van der Waals surface area contributed by atoms with Gasteiger partial charge in [-0.15, -0.1) is 0 Å². The lowest BCUT2D eigenvalue weighted by atomic mass is 9.80. The fourth-order valence-electron chi connectivity index (χ4n) is 5.92. The number of urea groups is 1. The van der Waals surface area contributed by atoms with Gasteiger partial charge in [-0.1, -0.05) is 85.1 Å². The van der Waals surface area contributed by atoms with Crippen LogP contribution in [0.25, 0.3) is 0 Å². The van der Waals surface area contributed by atoms with E-state index in [1.807, 2.05) is 17.0 Å². The van der Waals surface area contributed by atoms with E-state index in [9.17, 15) is 32.8 Å². The van der Waals surface area contributed by atoms with Crippen LogP contribution < -0.4 is 21.7 Å². The predicted molar refractivity (Wildman–Crippen MR) is 186 cm³/mol. The van der Waals surface area contributed by atoms with Gasteiger partial charge in [0, 0.05) is 42.5 Å². The highest BCUT2D eigenvalue weighted by molar-refractivity contribution is 7.17. The number of ketones is 1. The van der Waals surface area contributed by atoms with Crippen LogP contribution in [0.1, 0.15) is 57.6 Å². The first kappa shape index (κ1) is 38.1. The number of nitrogens with two attached hydrogens (primary N) is 1. The average Bonchev–Trinajstić information content (AvgIpc) is 3.00. The van der Waals surface area contributed by atoms with Crippen molar-refractivity contribution in [3.8, 4) is 0 Å². The van der Waals surface area contributed by atoms with Crippen LogP contribution in [0.4, 0.5) is 19.3 Å². The molecule has 4 rings (SSSR count). The summed E-state index contributed by atoms with van der Waals surface area (Å²) in [6.07, 6.45) is 3.09. The summed E-state index contributed by atoms with van der Waals surface area (Å²) in [7, 11) is 1.46. The van der Waals surface area contributed by atoms with E-state index in [0.29, 0.717) is 24.5 Å². The average molecular weight is 721 g/mol. The quantitative estimate of drug-likeness (QED) is 0.190. The molecule has 0 radical (unpaired) electrons. The number of primary amides is 1. The Balaban J connectivity index is 1.52. The molecule has 5 N–H and O–H groups in total. The molecule has 2 fully saturated rings. The first-order valence-corrected chi connectivity index (χ1v) is 17.1. The van der Waals surface area contributed by atoms with Crippen LogP contribution in [0.5, 0.6) is 0 Å². The van der Waals surface area contributed by atoms with Crippen molar-refractivity contribution >= 4 is 56.1 Å². The number of alkyl halides is 2. The molecule has 15 heteroatoms.